The molecule has 164 valence electrons. The second kappa shape index (κ2) is 9.92. The summed E-state index contributed by atoms with van der Waals surface area (Å²) < 4.78 is 20.4. The Morgan fingerprint density at radius 2 is 1.74 bits per heavy atom. The van der Waals surface area contributed by atoms with Crippen molar-refractivity contribution in [3.8, 4) is 5.75 Å². The average molecular weight is 439 g/mol. The van der Waals surface area contributed by atoms with E-state index in [1.165, 1.54) is 29.0 Å². The number of hydrogen-bond acceptors (Lipinski definition) is 4. The highest BCUT2D eigenvalue weighted by Crippen LogP contribution is 2.35. The SMILES string of the molecule is CC1=C(N2CCN(C)CC2)C/C=C(/Sc2ccccc2C)Oc2cc(F)ccc2CC1. The lowest BCUT2D eigenvalue weighted by Gasteiger charge is -2.36. The number of ether oxygens (including phenoxy) is 1. The molecule has 0 spiro atoms. The Balaban J connectivity index is 1.69. The van der Waals surface area contributed by atoms with E-state index in [4.69, 9.17) is 4.74 Å². The minimum Gasteiger partial charge on any atom is -0.450 e. The molecular formula is C26H31FN2OS. The average Bonchev–Trinajstić information content (AvgIpc) is 2.75. The fourth-order valence-corrected chi connectivity index (χ4v) is 5.01. The molecule has 0 bridgehead atoms. The first kappa shape index (κ1) is 22.0. The van der Waals surface area contributed by atoms with Crippen molar-refractivity contribution >= 4 is 11.8 Å². The monoisotopic (exact) mass is 438 g/mol. The number of thioether (sulfide) groups is 1. The van der Waals surface area contributed by atoms with Gasteiger partial charge in [-0.3, -0.25) is 0 Å². The summed E-state index contributed by atoms with van der Waals surface area (Å²) in [4.78, 5) is 6.08. The Morgan fingerprint density at radius 3 is 2.52 bits per heavy atom. The van der Waals surface area contributed by atoms with Gasteiger partial charge >= 0.3 is 0 Å². The number of allylic oxidation sites excluding steroid dienone is 2. The third-order valence-corrected chi connectivity index (χ3v) is 7.28. The number of nitrogens with zero attached hydrogens (tertiary/aromatic N) is 2. The summed E-state index contributed by atoms with van der Waals surface area (Å²) in [6.45, 7) is 8.64. The Hall–Kier alpha value is -2.24. The molecule has 0 N–H and O–H groups in total. The maximum atomic E-state index is 14.0. The molecule has 2 aromatic rings. The zero-order valence-electron chi connectivity index (χ0n) is 18.7. The third-order valence-electron chi connectivity index (χ3n) is 6.15. The number of aryl methyl sites for hydroxylation is 2. The van der Waals surface area contributed by atoms with Gasteiger partial charge < -0.3 is 14.5 Å². The minimum absolute atomic E-state index is 0.263. The molecule has 0 radical (unpaired) electrons. The van der Waals surface area contributed by atoms with Crippen molar-refractivity contribution in [1.82, 2.24) is 9.80 Å². The van der Waals surface area contributed by atoms with Gasteiger partial charge in [-0.1, -0.05) is 41.6 Å². The second-order valence-corrected chi connectivity index (χ2v) is 9.51. The summed E-state index contributed by atoms with van der Waals surface area (Å²) in [5, 5.41) is 0.808. The normalized spacial score (nSPS) is 20.0. The molecule has 4 rings (SSSR count). The van der Waals surface area contributed by atoms with Gasteiger partial charge in [0.05, 0.1) is 0 Å². The van der Waals surface area contributed by atoms with Crippen LogP contribution < -0.4 is 4.74 Å². The topological polar surface area (TPSA) is 15.7 Å². The molecule has 31 heavy (non-hydrogen) atoms. The van der Waals surface area contributed by atoms with Gasteiger partial charge in [-0.2, -0.15) is 0 Å². The molecule has 5 heteroatoms. The predicted molar refractivity (Wildman–Crippen MR) is 127 cm³/mol. The number of hydrogen-bond donors (Lipinski definition) is 0. The number of benzene rings is 2. The van der Waals surface area contributed by atoms with E-state index in [-0.39, 0.29) is 5.82 Å². The van der Waals surface area contributed by atoms with E-state index in [9.17, 15) is 4.39 Å². The molecule has 1 fully saturated rings. The first-order valence-electron chi connectivity index (χ1n) is 11.0. The van der Waals surface area contributed by atoms with E-state index >= 15 is 0 Å². The fraction of sp³-hybridized carbons (Fsp3) is 0.385. The summed E-state index contributed by atoms with van der Waals surface area (Å²) in [6.07, 6.45) is 4.81. The maximum absolute atomic E-state index is 14.0. The summed E-state index contributed by atoms with van der Waals surface area (Å²) in [5.74, 6) is 0.365. The molecule has 1 saturated heterocycles. The largest absolute Gasteiger partial charge is 0.450 e. The highest BCUT2D eigenvalue weighted by atomic mass is 32.2. The van der Waals surface area contributed by atoms with E-state index in [1.54, 1.807) is 11.8 Å². The van der Waals surface area contributed by atoms with Crippen molar-refractivity contribution in [3.05, 3.63) is 81.8 Å². The lowest BCUT2D eigenvalue weighted by molar-refractivity contribution is 0.182. The molecule has 0 unspecified atom stereocenters. The van der Waals surface area contributed by atoms with Crippen LogP contribution >= 0.6 is 11.8 Å². The van der Waals surface area contributed by atoms with E-state index in [0.717, 1.165) is 61.0 Å². The van der Waals surface area contributed by atoms with Crippen molar-refractivity contribution in [2.45, 2.75) is 38.0 Å². The van der Waals surface area contributed by atoms with E-state index in [0.29, 0.717) is 5.75 Å². The van der Waals surface area contributed by atoms with E-state index < -0.39 is 0 Å². The van der Waals surface area contributed by atoms with Crippen LogP contribution in [0.5, 0.6) is 5.75 Å². The molecule has 2 aliphatic heterocycles. The molecular weight excluding hydrogens is 407 g/mol. The van der Waals surface area contributed by atoms with Crippen LogP contribution in [0, 0.1) is 12.7 Å². The molecule has 0 amide bonds. The Morgan fingerprint density at radius 1 is 0.968 bits per heavy atom. The summed E-state index contributed by atoms with van der Waals surface area (Å²) in [6, 6.07) is 13.2. The van der Waals surface area contributed by atoms with Gasteiger partial charge in [0, 0.05) is 49.3 Å². The number of likely N-dealkylation sites (N-methyl/N-ethyl adjacent to an activating group) is 1. The van der Waals surface area contributed by atoms with Crippen LogP contribution in [-0.2, 0) is 6.42 Å². The number of fused-ring (bicyclic) bond motifs is 1. The quantitative estimate of drug-likeness (QED) is 0.583. The fourth-order valence-electron chi connectivity index (χ4n) is 4.12. The van der Waals surface area contributed by atoms with Gasteiger partial charge in [0.2, 0.25) is 0 Å². The van der Waals surface area contributed by atoms with Crippen LogP contribution in [0.4, 0.5) is 4.39 Å². The lowest BCUT2D eigenvalue weighted by Crippen LogP contribution is -2.44. The van der Waals surface area contributed by atoms with Crippen LogP contribution in [0.1, 0.15) is 30.9 Å². The molecule has 3 nitrogen and oxygen atoms in total. The van der Waals surface area contributed by atoms with Gasteiger partial charge in [-0.25, -0.2) is 4.39 Å². The van der Waals surface area contributed by atoms with Gasteiger partial charge in [0.15, 0.2) is 5.09 Å². The smallest absolute Gasteiger partial charge is 0.162 e. The van der Waals surface area contributed by atoms with Gasteiger partial charge in [-0.15, -0.1) is 0 Å². The summed E-state index contributed by atoms with van der Waals surface area (Å²) in [7, 11) is 2.19. The van der Waals surface area contributed by atoms with Crippen LogP contribution in [0.25, 0.3) is 0 Å². The first-order valence-corrected chi connectivity index (χ1v) is 11.8. The molecule has 0 aliphatic carbocycles. The third kappa shape index (κ3) is 5.52. The van der Waals surface area contributed by atoms with Gasteiger partial charge in [-0.05, 0) is 63.1 Å². The standard InChI is InChI=1S/C26H31FN2OS/c1-19-8-9-21-10-11-22(27)18-24(21)30-26(31-25-7-5-4-6-20(25)2)13-12-23(19)29-16-14-28(3)15-17-29/h4-7,10-11,13,18H,8-9,12,14-17H2,1-3H3/b23-19?,26-13+. The van der Waals surface area contributed by atoms with Crippen LogP contribution in [0.15, 0.2) is 69.8 Å². The number of halogens is 1. The predicted octanol–water partition coefficient (Wildman–Crippen LogP) is 6.00. The maximum Gasteiger partial charge on any atom is 0.162 e. The zero-order chi connectivity index (χ0) is 21.8. The highest BCUT2D eigenvalue weighted by molar-refractivity contribution is 8.03. The molecule has 0 saturated carbocycles. The minimum atomic E-state index is -0.263. The molecule has 2 aromatic carbocycles. The van der Waals surface area contributed by atoms with Crippen molar-refractivity contribution < 1.29 is 9.13 Å². The lowest BCUT2D eigenvalue weighted by atomic mass is 10.0. The van der Waals surface area contributed by atoms with Gasteiger partial charge in [0.25, 0.3) is 0 Å². The molecule has 2 aliphatic rings. The van der Waals surface area contributed by atoms with E-state index in [2.05, 4.69) is 48.9 Å². The first-order chi connectivity index (χ1) is 15.0. The Bertz CT molecular complexity index is 993. The van der Waals surface area contributed by atoms with Crippen molar-refractivity contribution in [2.75, 3.05) is 33.2 Å². The van der Waals surface area contributed by atoms with E-state index in [1.807, 2.05) is 18.2 Å². The van der Waals surface area contributed by atoms with Crippen LogP contribution in [0.2, 0.25) is 0 Å². The molecule has 0 aromatic heterocycles. The van der Waals surface area contributed by atoms with Crippen LogP contribution in [0.3, 0.4) is 0 Å². The van der Waals surface area contributed by atoms with Crippen molar-refractivity contribution in [1.29, 1.82) is 0 Å². The Labute approximate surface area is 189 Å². The summed E-state index contributed by atoms with van der Waals surface area (Å²) in [5.41, 5.74) is 5.08. The number of rotatable bonds is 3. The number of piperazine rings is 1. The van der Waals surface area contributed by atoms with Crippen molar-refractivity contribution in [3.63, 3.8) is 0 Å². The molecule has 0 atom stereocenters. The molecule has 2 heterocycles. The van der Waals surface area contributed by atoms with Crippen molar-refractivity contribution in [2.24, 2.45) is 0 Å². The van der Waals surface area contributed by atoms with Gasteiger partial charge in [0.1, 0.15) is 11.6 Å². The zero-order valence-corrected chi connectivity index (χ0v) is 19.5. The second-order valence-electron chi connectivity index (χ2n) is 8.47. The van der Waals surface area contributed by atoms with Crippen LogP contribution in [-0.4, -0.2) is 43.0 Å². The summed E-state index contributed by atoms with van der Waals surface area (Å²) >= 11 is 1.62. The highest BCUT2D eigenvalue weighted by Gasteiger charge is 2.20. The Kier molecular flexibility index (Phi) is 7.03.